The van der Waals surface area contributed by atoms with Gasteiger partial charge >= 0.3 is 0 Å². The van der Waals surface area contributed by atoms with E-state index in [4.69, 9.17) is 4.74 Å². The van der Waals surface area contributed by atoms with Gasteiger partial charge in [0.25, 0.3) is 11.5 Å². The molecule has 3 heterocycles. The zero-order chi connectivity index (χ0) is 24.8. The molecular formula is C24H33N5O5. The maximum atomic E-state index is 13.4. The number of carbonyl (C=O) groups excluding carboxylic acids is 2. The molecule has 0 unspecified atom stereocenters. The predicted octanol–water partition coefficient (Wildman–Crippen LogP) is 1.79. The minimum Gasteiger partial charge on any atom is -0.492 e. The molecule has 4 rings (SSSR count). The summed E-state index contributed by atoms with van der Waals surface area (Å²) in [6.07, 6.45) is 6.13. The third kappa shape index (κ3) is 5.01. The molecule has 2 N–H and O–H groups in total. The van der Waals surface area contributed by atoms with E-state index in [-0.39, 0.29) is 41.7 Å². The van der Waals surface area contributed by atoms with Crippen molar-refractivity contribution in [2.75, 3.05) is 13.1 Å². The van der Waals surface area contributed by atoms with Crippen LogP contribution in [0, 0.1) is 5.41 Å². The molecule has 2 aromatic rings. The molecule has 0 spiro atoms. The SMILES string of the molecule is C[C@@H]1CN(C(=O)/C=C/c2cnn3c(O)c(C(=O)NC4CC4)c(=O)n(CC(C)(C)C)c23)C[C@H](C)O1. The molecule has 2 aliphatic rings. The van der Waals surface area contributed by atoms with Crippen LogP contribution in [-0.2, 0) is 16.1 Å². The Balaban J connectivity index is 1.75. The van der Waals surface area contributed by atoms with E-state index in [2.05, 4.69) is 10.4 Å². The Morgan fingerprint density at radius 3 is 2.47 bits per heavy atom. The largest absolute Gasteiger partial charge is 0.492 e. The average molecular weight is 472 g/mol. The number of rotatable bonds is 5. The second kappa shape index (κ2) is 8.90. The van der Waals surface area contributed by atoms with E-state index < -0.39 is 17.3 Å². The number of fused-ring (bicyclic) bond motifs is 1. The summed E-state index contributed by atoms with van der Waals surface area (Å²) in [5.41, 5.74) is -0.390. The zero-order valence-corrected chi connectivity index (χ0v) is 20.4. The highest BCUT2D eigenvalue weighted by atomic mass is 16.5. The number of hydrogen-bond donors (Lipinski definition) is 2. The number of aromatic nitrogens is 3. The Kier molecular flexibility index (Phi) is 6.28. The summed E-state index contributed by atoms with van der Waals surface area (Å²) in [6.45, 7) is 11.1. The molecule has 10 nitrogen and oxygen atoms in total. The lowest BCUT2D eigenvalue weighted by atomic mass is 9.96. The Labute approximate surface area is 198 Å². The summed E-state index contributed by atoms with van der Waals surface area (Å²) in [7, 11) is 0. The monoisotopic (exact) mass is 471 g/mol. The van der Waals surface area contributed by atoms with Crippen molar-refractivity contribution in [2.24, 2.45) is 5.41 Å². The Morgan fingerprint density at radius 1 is 1.24 bits per heavy atom. The van der Waals surface area contributed by atoms with Gasteiger partial charge in [0.05, 0.1) is 18.4 Å². The minimum atomic E-state index is -0.604. The van der Waals surface area contributed by atoms with Gasteiger partial charge in [0.2, 0.25) is 11.8 Å². The van der Waals surface area contributed by atoms with Crippen LogP contribution in [-0.4, -0.2) is 67.3 Å². The van der Waals surface area contributed by atoms with Gasteiger partial charge in [-0.05, 0) is 38.2 Å². The molecule has 2 fully saturated rings. The summed E-state index contributed by atoms with van der Waals surface area (Å²) in [4.78, 5) is 40.7. The van der Waals surface area contributed by atoms with Crippen LogP contribution in [0.5, 0.6) is 5.88 Å². The normalized spacial score (nSPS) is 21.4. The van der Waals surface area contributed by atoms with Gasteiger partial charge < -0.3 is 20.1 Å². The summed E-state index contributed by atoms with van der Waals surface area (Å²) < 4.78 is 8.34. The number of hydrogen-bond acceptors (Lipinski definition) is 6. The van der Waals surface area contributed by atoms with Crippen LogP contribution in [0.1, 0.15) is 63.4 Å². The van der Waals surface area contributed by atoms with Crippen molar-refractivity contribution in [3.63, 3.8) is 0 Å². The average Bonchev–Trinajstić information content (AvgIpc) is 3.43. The molecule has 0 radical (unpaired) electrons. The quantitative estimate of drug-likeness (QED) is 0.642. The van der Waals surface area contributed by atoms with E-state index in [1.54, 1.807) is 11.0 Å². The van der Waals surface area contributed by atoms with E-state index in [0.29, 0.717) is 24.3 Å². The van der Waals surface area contributed by atoms with E-state index in [1.807, 2.05) is 34.6 Å². The molecule has 34 heavy (non-hydrogen) atoms. The smallest absolute Gasteiger partial charge is 0.270 e. The van der Waals surface area contributed by atoms with Crippen molar-refractivity contribution in [3.05, 3.63) is 33.8 Å². The van der Waals surface area contributed by atoms with E-state index in [9.17, 15) is 19.5 Å². The molecule has 2 amide bonds. The Bertz CT molecular complexity index is 1190. The zero-order valence-electron chi connectivity index (χ0n) is 20.4. The van der Waals surface area contributed by atoms with Crippen LogP contribution >= 0.6 is 0 Å². The fourth-order valence-electron chi connectivity index (χ4n) is 4.26. The molecule has 2 atom stereocenters. The van der Waals surface area contributed by atoms with E-state index in [0.717, 1.165) is 12.8 Å². The summed E-state index contributed by atoms with van der Waals surface area (Å²) in [6, 6.07) is 0.0332. The number of nitrogens with one attached hydrogen (secondary N) is 1. The number of ether oxygens (including phenoxy) is 1. The van der Waals surface area contributed by atoms with Crippen molar-refractivity contribution < 1.29 is 19.4 Å². The van der Waals surface area contributed by atoms with Crippen LogP contribution in [0.4, 0.5) is 0 Å². The number of carbonyl (C=O) groups is 2. The molecule has 0 bridgehead atoms. The van der Waals surface area contributed by atoms with Crippen LogP contribution in [0.3, 0.4) is 0 Å². The van der Waals surface area contributed by atoms with Gasteiger partial charge in [-0.25, -0.2) is 0 Å². The maximum absolute atomic E-state index is 13.4. The molecule has 184 valence electrons. The molecule has 1 aliphatic heterocycles. The number of nitrogens with zero attached hydrogens (tertiary/aromatic N) is 4. The molecule has 10 heteroatoms. The Morgan fingerprint density at radius 2 is 1.88 bits per heavy atom. The predicted molar refractivity (Wildman–Crippen MR) is 127 cm³/mol. The highest BCUT2D eigenvalue weighted by Gasteiger charge is 2.31. The fraction of sp³-hybridized carbons (Fsp3) is 0.583. The van der Waals surface area contributed by atoms with E-state index >= 15 is 0 Å². The minimum absolute atomic E-state index is 0.0332. The summed E-state index contributed by atoms with van der Waals surface area (Å²) in [5.74, 6) is -1.28. The highest BCUT2D eigenvalue weighted by Crippen LogP contribution is 2.25. The molecule has 1 saturated heterocycles. The van der Waals surface area contributed by atoms with Gasteiger partial charge in [-0.1, -0.05) is 20.8 Å². The van der Waals surface area contributed by atoms with Gasteiger partial charge in [0.1, 0.15) is 5.65 Å². The standard InChI is InChI=1S/C24H33N5O5/c1-14-11-27(12-15(2)34-14)18(30)9-6-16-10-25-29-21(16)28(13-24(3,4)5)22(32)19(23(29)33)20(31)26-17-7-8-17/h6,9-10,14-15,17,33H,7-8,11-13H2,1-5H3,(H,26,31)/b9-6+/t14-,15+. The number of aromatic hydroxyl groups is 1. The lowest BCUT2D eigenvalue weighted by molar-refractivity contribution is -0.137. The number of morpholine rings is 1. The second-order valence-electron chi connectivity index (χ2n) is 10.6. The summed E-state index contributed by atoms with van der Waals surface area (Å²) >= 11 is 0. The first kappa shape index (κ1) is 24.0. The Hall–Kier alpha value is -3.14. The lowest BCUT2D eigenvalue weighted by Gasteiger charge is -2.34. The fourth-order valence-corrected chi connectivity index (χ4v) is 4.26. The van der Waals surface area contributed by atoms with Gasteiger partial charge in [0.15, 0.2) is 5.56 Å². The molecule has 2 aromatic heterocycles. The van der Waals surface area contributed by atoms with Gasteiger partial charge in [-0.2, -0.15) is 9.61 Å². The molecule has 1 saturated carbocycles. The molecular weight excluding hydrogens is 438 g/mol. The maximum Gasteiger partial charge on any atom is 0.270 e. The van der Waals surface area contributed by atoms with Crippen molar-refractivity contribution >= 4 is 23.5 Å². The molecule has 0 aromatic carbocycles. The van der Waals surface area contributed by atoms with Crippen molar-refractivity contribution in [3.8, 4) is 5.88 Å². The number of amides is 2. The van der Waals surface area contributed by atoms with Crippen LogP contribution in [0.15, 0.2) is 17.1 Å². The van der Waals surface area contributed by atoms with Crippen LogP contribution in [0.2, 0.25) is 0 Å². The van der Waals surface area contributed by atoms with Crippen LogP contribution < -0.4 is 10.9 Å². The van der Waals surface area contributed by atoms with Crippen LogP contribution in [0.25, 0.3) is 11.7 Å². The first-order valence-electron chi connectivity index (χ1n) is 11.7. The van der Waals surface area contributed by atoms with E-state index in [1.165, 1.54) is 21.4 Å². The third-order valence-corrected chi connectivity index (χ3v) is 5.82. The van der Waals surface area contributed by atoms with Crippen molar-refractivity contribution in [2.45, 2.75) is 72.3 Å². The topological polar surface area (TPSA) is 118 Å². The van der Waals surface area contributed by atoms with Gasteiger partial charge in [-0.15, -0.1) is 0 Å². The second-order valence-corrected chi connectivity index (χ2v) is 10.6. The third-order valence-electron chi connectivity index (χ3n) is 5.82. The first-order valence-corrected chi connectivity index (χ1v) is 11.7. The van der Waals surface area contributed by atoms with Gasteiger partial charge in [0, 0.05) is 37.3 Å². The van der Waals surface area contributed by atoms with Gasteiger partial charge in [-0.3, -0.25) is 19.0 Å². The lowest BCUT2D eigenvalue weighted by Crippen LogP contribution is -2.47. The van der Waals surface area contributed by atoms with Crippen molar-refractivity contribution in [1.29, 1.82) is 0 Å². The van der Waals surface area contributed by atoms with Crippen molar-refractivity contribution in [1.82, 2.24) is 24.4 Å². The molecule has 1 aliphatic carbocycles. The summed E-state index contributed by atoms with van der Waals surface area (Å²) in [5, 5.41) is 17.8. The first-order chi connectivity index (χ1) is 15.9. The highest BCUT2D eigenvalue weighted by molar-refractivity contribution is 5.97.